The smallest absolute Gasteiger partial charge is 0.128 e. The first-order chi connectivity index (χ1) is 9.61. The van der Waals surface area contributed by atoms with Crippen molar-refractivity contribution in [3.05, 3.63) is 69.4 Å². The van der Waals surface area contributed by atoms with E-state index in [4.69, 9.17) is 5.84 Å². The maximum absolute atomic E-state index is 13.9. The molecule has 0 saturated heterocycles. The van der Waals surface area contributed by atoms with Gasteiger partial charge in [0.05, 0.1) is 0 Å². The first-order valence-corrected chi connectivity index (χ1v) is 7.36. The number of rotatable bonds is 5. The lowest BCUT2D eigenvalue weighted by Crippen LogP contribution is -2.29. The molecule has 0 aliphatic rings. The van der Waals surface area contributed by atoms with E-state index in [0.717, 1.165) is 17.3 Å². The molecule has 3 N–H and O–H groups in total. The fourth-order valence-corrected chi connectivity index (χ4v) is 2.68. The molecule has 0 heterocycles. The second kappa shape index (κ2) is 6.97. The van der Waals surface area contributed by atoms with Gasteiger partial charge in [0.15, 0.2) is 0 Å². The van der Waals surface area contributed by atoms with Gasteiger partial charge in [0.1, 0.15) is 5.82 Å². The minimum absolute atomic E-state index is 0.202. The Morgan fingerprint density at radius 1 is 1.25 bits per heavy atom. The molecule has 0 aromatic heterocycles. The van der Waals surface area contributed by atoms with E-state index < -0.39 is 0 Å². The van der Waals surface area contributed by atoms with Crippen LogP contribution in [0.4, 0.5) is 4.39 Å². The third-order valence-electron chi connectivity index (χ3n) is 3.50. The Kier molecular flexibility index (Phi) is 5.29. The van der Waals surface area contributed by atoms with E-state index >= 15 is 0 Å². The molecule has 1 atom stereocenters. The third kappa shape index (κ3) is 3.66. The van der Waals surface area contributed by atoms with Crippen molar-refractivity contribution in [2.75, 3.05) is 0 Å². The number of halogens is 2. The Morgan fingerprint density at radius 2 is 2.00 bits per heavy atom. The van der Waals surface area contributed by atoms with Gasteiger partial charge in [-0.2, -0.15) is 0 Å². The topological polar surface area (TPSA) is 38.0 Å². The molecule has 4 heteroatoms. The largest absolute Gasteiger partial charge is 0.271 e. The molecule has 2 rings (SSSR count). The molecule has 0 aliphatic carbocycles. The summed E-state index contributed by atoms with van der Waals surface area (Å²) in [6.45, 7) is 2.08. The molecule has 0 spiro atoms. The minimum Gasteiger partial charge on any atom is -0.271 e. The summed E-state index contributed by atoms with van der Waals surface area (Å²) in [5.41, 5.74) is 5.82. The van der Waals surface area contributed by atoms with E-state index in [0.29, 0.717) is 5.56 Å². The molecule has 0 radical (unpaired) electrons. The van der Waals surface area contributed by atoms with Crippen molar-refractivity contribution in [1.82, 2.24) is 5.43 Å². The number of nitrogens with two attached hydrogens (primary N) is 1. The van der Waals surface area contributed by atoms with Gasteiger partial charge in [-0.05, 0) is 49.1 Å². The van der Waals surface area contributed by atoms with Gasteiger partial charge in [0, 0.05) is 16.1 Å². The summed E-state index contributed by atoms with van der Waals surface area (Å²) in [7, 11) is 0. The van der Waals surface area contributed by atoms with E-state index in [2.05, 4.69) is 40.4 Å². The van der Waals surface area contributed by atoms with Crippen LogP contribution in [-0.4, -0.2) is 0 Å². The van der Waals surface area contributed by atoms with Crippen LogP contribution in [0.15, 0.2) is 46.9 Å². The average Bonchev–Trinajstić information content (AvgIpc) is 2.45. The van der Waals surface area contributed by atoms with Crippen LogP contribution in [-0.2, 0) is 6.42 Å². The number of aryl methyl sites for hydroxylation is 2. The van der Waals surface area contributed by atoms with Crippen LogP contribution in [0.2, 0.25) is 0 Å². The van der Waals surface area contributed by atoms with Crippen molar-refractivity contribution in [2.45, 2.75) is 25.8 Å². The first-order valence-electron chi connectivity index (χ1n) is 6.57. The minimum atomic E-state index is -0.235. The maximum atomic E-state index is 13.9. The molecule has 2 aromatic rings. The summed E-state index contributed by atoms with van der Waals surface area (Å²) in [4.78, 5) is 0. The molecule has 0 fully saturated rings. The van der Waals surface area contributed by atoms with Crippen LogP contribution in [0.5, 0.6) is 0 Å². The summed E-state index contributed by atoms with van der Waals surface area (Å²) < 4.78 is 14.7. The van der Waals surface area contributed by atoms with Crippen molar-refractivity contribution in [3.8, 4) is 0 Å². The highest BCUT2D eigenvalue weighted by Crippen LogP contribution is 2.25. The van der Waals surface area contributed by atoms with Crippen LogP contribution in [0.3, 0.4) is 0 Å². The van der Waals surface area contributed by atoms with Crippen LogP contribution in [0.25, 0.3) is 0 Å². The molecular weight excluding hydrogens is 319 g/mol. The van der Waals surface area contributed by atoms with Gasteiger partial charge in [-0.25, -0.2) is 4.39 Å². The maximum Gasteiger partial charge on any atom is 0.128 e. The zero-order chi connectivity index (χ0) is 14.5. The van der Waals surface area contributed by atoms with E-state index in [1.165, 1.54) is 17.2 Å². The van der Waals surface area contributed by atoms with Crippen molar-refractivity contribution >= 4 is 15.9 Å². The summed E-state index contributed by atoms with van der Waals surface area (Å²) in [5, 5.41) is 0. The normalized spacial score (nSPS) is 12.4. The fourth-order valence-electron chi connectivity index (χ4n) is 2.30. The molecule has 0 saturated carbocycles. The monoisotopic (exact) mass is 336 g/mol. The van der Waals surface area contributed by atoms with Crippen molar-refractivity contribution in [1.29, 1.82) is 0 Å². The number of nitrogens with one attached hydrogen (secondary N) is 1. The Bertz CT molecular complexity index is 586. The molecule has 20 heavy (non-hydrogen) atoms. The summed E-state index contributed by atoms with van der Waals surface area (Å²) >= 11 is 3.37. The van der Waals surface area contributed by atoms with Crippen molar-refractivity contribution < 1.29 is 4.39 Å². The first kappa shape index (κ1) is 15.2. The third-order valence-corrected chi connectivity index (χ3v) is 3.99. The van der Waals surface area contributed by atoms with E-state index in [9.17, 15) is 4.39 Å². The Balaban J connectivity index is 2.13. The zero-order valence-corrected chi connectivity index (χ0v) is 13.0. The van der Waals surface area contributed by atoms with Gasteiger partial charge < -0.3 is 0 Å². The van der Waals surface area contributed by atoms with E-state index in [1.807, 2.05) is 12.1 Å². The lowest BCUT2D eigenvalue weighted by Gasteiger charge is -2.18. The molecule has 0 bridgehead atoms. The average molecular weight is 337 g/mol. The van der Waals surface area contributed by atoms with Gasteiger partial charge in [-0.15, -0.1) is 0 Å². The van der Waals surface area contributed by atoms with Gasteiger partial charge in [0.2, 0.25) is 0 Å². The summed E-state index contributed by atoms with van der Waals surface area (Å²) in [6, 6.07) is 12.9. The Hall–Kier alpha value is -1.23. The molecule has 0 amide bonds. The lowest BCUT2D eigenvalue weighted by atomic mass is 9.97. The zero-order valence-electron chi connectivity index (χ0n) is 11.4. The van der Waals surface area contributed by atoms with Crippen molar-refractivity contribution in [2.24, 2.45) is 5.84 Å². The number of benzene rings is 2. The van der Waals surface area contributed by atoms with Gasteiger partial charge in [-0.1, -0.05) is 40.2 Å². The predicted molar refractivity (Wildman–Crippen MR) is 83.7 cm³/mol. The van der Waals surface area contributed by atoms with Crippen LogP contribution >= 0.6 is 15.9 Å². The quantitative estimate of drug-likeness (QED) is 0.638. The second-order valence-corrected chi connectivity index (χ2v) is 5.77. The van der Waals surface area contributed by atoms with E-state index in [-0.39, 0.29) is 11.9 Å². The molecule has 1 unspecified atom stereocenters. The van der Waals surface area contributed by atoms with Crippen molar-refractivity contribution in [3.63, 3.8) is 0 Å². The van der Waals surface area contributed by atoms with Crippen LogP contribution in [0.1, 0.15) is 29.2 Å². The van der Waals surface area contributed by atoms with E-state index in [1.54, 1.807) is 12.1 Å². The number of hydrazine groups is 1. The predicted octanol–water partition coefficient (Wildman–Crippen LogP) is 4.03. The fraction of sp³-hybridized carbons (Fsp3) is 0.250. The number of hydrogen-bond acceptors (Lipinski definition) is 2. The summed E-state index contributed by atoms with van der Waals surface area (Å²) in [6.07, 6.45) is 1.60. The highest BCUT2D eigenvalue weighted by Gasteiger charge is 2.15. The molecule has 0 aliphatic heterocycles. The Morgan fingerprint density at radius 3 is 2.70 bits per heavy atom. The molecule has 2 aromatic carbocycles. The van der Waals surface area contributed by atoms with Gasteiger partial charge in [-0.3, -0.25) is 11.3 Å². The molecule has 106 valence electrons. The second-order valence-electron chi connectivity index (χ2n) is 4.85. The highest BCUT2D eigenvalue weighted by atomic mass is 79.9. The van der Waals surface area contributed by atoms with Crippen LogP contribution < -0.4 is 11.3 Å². The molecular formula is C16H18BrFN2. The van der Waals surface area contributed by atoms with Gasteiger partial charge in [0.25, 0.3) is 0 Å². The lowest BCUT2D eigenvalue weighted by molar-refractivity contribution is 0.485. The molecule has 2 nitrogen and oxygen atoms in total. The SMILES string of the molecule is Cc1ccccc1CCC(NN)c1cc(Br)ccc1F. The number of hydrogen-bond donors (Lipinski definition) is 2. The standard InChI is InChI=1S/C16H18BrFN2/c1-11-4-2-3-5-12(11)6-9-16(20-19)14-10-13(17)7-8-15(14)18/h2-5,7-8,10,16,20H,6,9,19H2,1H3. The van der Waals surface area contributed by atoms with Gasteiger partial charge >= 0.3 is 0 Å². The van der Waals surface area contributed by atoms with Crippen LogP contribution in [0, 0.1) is 12.7 Å². The highest BCUT2D eigenvalue weighted by molar-refractivity contribution is 9.10. The summed E-state index contributed by atoms with van der Waals surface area (Å²) in [5.74, 6) is 5.36. The Labute approximate surface area is 127 Å².